The van der Waals surface area contributed by atoms with Crippen LogP contribution in [0.2, 0.25) is 0 Å². The van der Waals surface area contributed by atoms with Crippen molar-refractivity contribution in [2.24, 2.45) is 23.0 Å². The third kappa shape index (κ3) is 3.73. The monoisotopic (exact) mass is 619 g/mol. The minimum atomic E-state index is -0.641. The fourth-order valence-electron chi connectivity index (χ4n) is 11.3. The van der Waals surface area contributed by atoms with Gasteiger partial charge >= 0.3 is 0 Å². The number of methoxy groups -OCH3 is 2. The van der Waals surface area contributed by atoms with E-state index >= 15 is 0 Å². The number of amides is 1. The second kappa shape index (κ2) is 10.3. The van der Waals surface area contributed by atoms with Crippen molar-refractivity contribution in [3.05, 3.63) is 95.1 Å². The van der Waals surface area contributed by atoms with Gasteiger partial charge in [-0.05, 0) is 80.2 Å². The zero-order chi connectivity index (χ0) is 31.3. The molecule has 3 aromatic rings. The van der Waals surface area contributed by atoms with Crippen LogP contribution in [0.15, 0.2) is 72.8 Å². The maximum Gasteiger partial charge on any atom is 0.239 e. The third-order valence-corrected chi connectivity index (χ3v) is 13.2. The predicted octanol–water partition coefficient (Wildman–Crippen LogP) is 5.48. The highest BCUT2D eigenvalue weighted by atomic mass is 16.6. The summed E-state index contributed by atoms with van der Waals surface area (Å²) in [5.74, 6) is 2.27. The Morgan fingerprint density at radius 1 is 1.00 bits per heavy atom. The lowest BCUT2D eigenvalue weighted by Crippen LogP contribution is -2.81. The zero-order valence-corrected chi connectivity index (χ0v) is 26.9. The largest absolute Gasteiger partial charge is 0.493 e. The van der Waals surface area contributed by atoms with Gasteiger partial charge in [-0.25, -0.2) is 0 Å². The Balaban J connectivity index is 1.23. The Bertz CT molecular complexity index is 1660. The fraction of sp³-hybridized carbons (Fsp3) is 0.513. The van der Waals surface area contributed by atoms with E-state index in [1.54, 1.807) is 7.11 Å². The van der Waals surface area contributed by atoms with Gasteiger partial charge in [-0.1, -0.05) is 66.7 Å². The van der Waals surface area contributed by atoms with Crippen molar-refractivity contribution in [2.45, 2.75) is 80.2 Å². The highest BCUT2D eigenvalue weighted by Gasteiger charge is 2.81. The molecule has 8 atom stereocenters. The number of benzene rings is 3. The number of hydrogen-bond donors (Lipinski definition) is 2. The van der Waals surface area contributed by atoms with Gasteiger partial charge in [0.2, 0.25) is 5.91 Å². The molecule has 4 bridgehead atoms. The van der Waals surface area contributed by atoms with Gasteiger partial charge in [-0.3, -0.25) is 15.0 Å². The SMILES string of the molecule is COc1ccc2c3c1O[C@H]1[C@@]4(OC)CC[C@@]5(C[C@@H]4C(N[C@@H](C(N)=O)c4ccccc4)c4ccccc4)[C@@H](C2)N(CC2CC2)CC[C@]315. The Morgan fingerprint density at radius 2 is 1.74 bits per heavy atom. The Hall–Kier alpha value is -3.39. The number of fused-ring (bicyclic) bond motifs is 2. The zero-order valence-electron chi connectivity index (χ0n) is 26.9. The summed E-state index contributed by atoms with van der Waals surface area (Å²) in [4.78, 5) is 16.1. The number of carbonyl (C=O) groups is 1. The molecule has 1 unspecified atom stereocenters. The maximum absolute atomic E-state index is 13.2. The van der Waals surface area contributed by atoms with Crippen LogP contribution in [0.3, 0.4) is 0 Å². The van der Waals surface area contributed by atoms with Crippen molar-refractivity contribution in [1.29, 1.82) is 0 Å². The summed E-state index contributed by atoms with van der Waals surface area (Å²) in [5.41, 5.74) is 10.3. The van der Waals surface area contributed by atoms with E-state index in [1.165, 1.54) is 30.5 Å². The van der Waals surface area contributed by atoms with E-state index in [-0.39, 0.29) is 34.8 Å². The first-order chi connectivity index (χ1) is 22.5. The van der Waals surface area contributed by atoms with Gasteiger partial charge in [0.15, 0.2) is 11.5 Å². The van der Waals surface area contributed by atoms with Crippen molar-refractivity contribution in [1.82, 2.24) is 10.2 Å². The van der Waals surface area contributed by atoms with Gasteiger partial charge in [-0.2, -0.15) is 0 Å². The minimum absolute atomic E-state index is 0.0179. The number of nitrogens with zero attached hydrogens (tertiary/aromatic N) is 1. The van der Waals surface area contributed by atoms with Crippen LogP contribution in [0, 0.1) is 17.3 Å². The van der Waals surface area contributed by atoms with Crippen LogP contribution in [0.5, 0.6) is 11.5 Å². The van der Waals surface area contributed by atoms with Gasteiger partial charge in [0.25, 0.3) is 0 Å². The number of rotatable bonds is 10. The number of nitrogens with two attached hydrogens (primary N) is 1. The summed E-state index contributed by atoms with van der Waals surface area (Å²) in [6, 6.07) is 24.6. The average Bonchev–Trinajstić information content (AvgIpc) is 3.83. The molecule has 2 heterocycles. The number of ether oxygens (including phenoxy) is 3. The van der Waals surface area contributed by atoms with Crippen molar-refractivity contribution < 1.29 is 19.0 Å². The molecule has 7 nitrogen and oxygen atoms in total. The Morgan fingerprint density at radius 3 is 2.41 bits per heavy atom. The molecule has 5 aliphatic carbocycles. The lowest BCUT2D eigenvalue weighted by Gasteiger charge is -2.74. The summed E-state index contributed by atoms with van der Waals surface area (Å²) in [7, 11) is 3.65. The lowest BCUT2D eigenvalue weighted by atomic mass is 9.34. The molecule has 1 saturated heterocycles. The summed E-state index contributed by atoms with van der Waals surface area (Å²) in [5, 5.41) is 3.85. The fourth-order valence-corrected chi connectivity index (χ4v) is 11.3. The molecule has 7 aliphatic rings. The number of nitrogens with one attached hydrogen (secondary N) is 1. The minimum Gasteiger partial charge on any atom is -0.493 e. The molecule has 1 amide bonds. The van der Waals surface area contributed by atoms with Crippen molar-refractivity contribution in [3.8, 4) is 11.5 Å². The van der Waals surface area contributed by atoms with Crippen LogP contribution >= 0.6 is 0 Å². The van der Waals surface area contributed by atoms with E-state index in [0.29, 0.717) is 6.04 Å². The van der Waals surface area contributed by atoms with E-state index in [4.69, 9.17) is 19.9 Å². The Labute approximate surface area is 271 Å². The van der Waals surface area contributed by atoms with Crippen LogP contribution in [-0.2, 0) is 21.4 Å². The molecular weight excluding hydrogens is 574 g/mol. The van der Waals surface area contributed by atoms with E-state index in [2.05, 4.69) is 52.7 Å². The topological polar surface area (TPSA) is 86.0 Å². The van der Waals surface area contributed by atoms with E-state index < -0.39 is 11.6 Å². The number of likely N-dealkylation sites (tertiary alicyclic amines) is 1. The molecular formula is C39H45N3O4. The molecule has 5 fully saturated rings. The molecule has 0 aromatic heterocycles. The highest BCUT2D eigenvalue weighted by molar-refractivity contribution is 5.81. The second-order valence-corrected chi connectivity index (χ2v) is 14.9. The van der Waals surface area contributed by atoms with Gasteiger partial charge in [0, 0.05) is 48.0 Å². The quantitative estimate of drug-likeness (QED) is 0.313. The molecule has 2 aliphatic heterocycles. The van der Waals surface area contributed by atoms with E-state index in [0.717, 1.165) is 67.2 Å². The van der Waals surface area contributed by atoms with Crippen LogP contribution in [-0.4, -0.2) is 55.9 Å². The third-order valence-electron chi connectivity index (χ3n) is 13.2. The van der Waals surface area contributed by atoms with Gasteiger partial charge in [-0.15, -0.1) is 0 Å². The van der Waals surface area contributed by atoms with Crippen molar-refractivity contribution in [2.75, 3.05) is 27.3 Å². The van der Waals surface area contributed by atoms with Crippen LogP contribution < -0.4 is 20.5 Å². The number of piperidine rings is 1. The Kier molecular flexibility index (Phi) is 6.45. The highest BCUT2D eigenvalue weighted by Crippen LogP contribution is 2.77. The smallest absolute Gasteiger partial charge is 0.239 e. The molecule has 10 rings (SSSR count). The normalized spacial score (nSPS) is 34.8. The first-order valence-corrected chi connectivity index (χ1v) is 17.3. The molecule has 240 valence electrons. The van der Waals surface area contributed by atoms with Crippen LogP contribution in [0.4, 0.5) is 0 Å². The summed E-state index contributed by atoms with van der Waals surface area (Å²) in [6.45, 7) is 2.30. The van der Waals surface area contributed by atoms with E-state index in [9.17, 15) is 4.79 Å². The molecule has 0 radical (unpaired) electrons. The molecule has 46 heavy (non-hydrogen) atoms. The van der Waals surface area contributed by atoms with Gasteiger partial charge < -0.3 is 19.9 Å². The number of primary amides is 1. The lowest BCUT2D eigenvalue weighted by molar-refractivity contribution is -0.282. The maximum atomic E-state index is 13.2. The summed E-state index contributed by atoms with van der Waals surface area (Å²) < 4.78 is 20.2. The first-order valence-electron chi connectivity index (χ1n) is 17.3. The summed E-state index contributed by atoms with van der Waals surface area (Å²) in [6.07, 6.45) is 7.70. The molecule has 3 aromatic carbocycles. The number of carbonyl (C=O) groups excluding carboxylic acids is 1. The van der Waals surface area contributed by atoms with Crippen molar-refractivity contribution in [3.63, 3.8) is 0 Å². The molecule has 3 N–H and O–H groups in total. The van der Waals surface area contributed by atoms with E-state index in [1.807, 2.05) is 37.4 Å². The van der Waals surface area contributed by atoms with Gasteiger partial charge in [0.1, 0.15) is 17.7 Å². The van der Waals surface area contributed by atoms with Crippen LogP contribution in [0.25, 0.3) is 0 Å². The van der Waals surface area contributed by atoms with Crippen molar-refractivity contribution >= 4 is 5.91 Å². The summed E-state index contributed by atoms with van der Waals surface area (Å²) >= 11 is 0. The average molecular weight is 620 g/mol. The first kappa shape index (κ1) is 28.8. The molecule has 7 heteroatoms. The standard InChI is InChI=1S/C39H45N3O4/c1-44-29-16-15-27-21-30-37-17-18-39(45-2,36-38(37,31(27)34(29)46-36)19-20-42(30)23-24-13-14-24)28(22-37)32(25-9-5-3-6-10-25)41-33(35(40)43)26-11-7-4-8-12-26/h3-12,15-16,24,28,30,32-33,36,41H,13-14,17-23H2,1-2H3,(H2,40,43)/t28-,30-,32?,33-,36-,37-,38+,39-/m1/s1. The van der Waals surface area contributed by atoms with Gasteiger partial charge in [0.05, 0.1) is 7.11 Å². The molecule has 4 saturated carbocycles. The molecule has 2 spiro atoms. The predicted molar refractivity (Wildman–Crippen MR) is 176 cm³/mol. The number of hydrogen-bond acceptors (Lipinski definition) is 6. The van der Waals surface area contributed by atoms with Crippen LogP contribution in [0.1, 0.15) is 72.9 Å². The second-order valence-electron chi connectivity index (χ2n) is 14.9.